The van der Waals surface area contributed by atoms with Gasteiger partial charge >= 0.3 is 0 Å². The summed E-state index contributed by atoms with van der Waals surface area (Å²) in [6, 6.07) is 23.3. The first-order chi connectivity index (χ1) is 23.8. The zero-order valence-corrected chi connectivity index (χ0v) is 28.8. The van der Waals surface area contributed by atoms with Crippen LogP contribution in [-0.2, 0) is 21.6 Å². The number of anilines is 1. The van der Waals surface area contributed by atoms with Crippen LogP contribution in [0.25, 0.3) is 0 Å². The molecule has 0 radical (unpaired) electrons. The molecule has 264 valence electrons. The Morgan fingerprint density at radius 2 is 1.73 bits per heavy atom. The van der Waals surface area contributed by atoms with Crippen LogP contribution in [0.3, 0.4) is 0 Å². The van der Waals surface area contributed by atoms with Crippen molar-refractivity contribution in [3.05, 3.63) is 89.5 Å². The van der Waals surface area contributed by atoms with E-state index in [9.17, 15) is 20.1 Å². The monoisotopic (exact) mass is 672 g/mol. The average Bonchev–Trinajstić information content (AvgIpc) is 3.68. The number of rotatable bonds is 17. The number of phenolic OH excluding ortho intramolecular Hbond substituents is 1. The van der Waals surface area contributed by atoms with Crippen LogP contribution < -0.4 is 15.4 Å². The van der Waals surface area contributed by atoms with Crippen LogP contribution in [-0.4, -0.2) is 84.3 Å². The molecule has 0 spiro atoms. The van der Waals surface area contributed by atoms with E-state index < -0.39 is 11.7 Å². The fourth-order valence-electron chi connectivity index (χ4n) is 8.40. The second-order valence-corrected chi connectivity index (χ2v) is 14.7. The van der Waals surface area contributed by atoms with Crippen LogP contribution in [0.1, 0.15) is 68.2 Å². The molecule has 3 aliphatic heterocycles. The fourth-order valence-corrected chi connectivity index (χ4v) is 8.40. The number of carbonyl (C=O) groups is 1. The van der Waals surface area contributed by atoms with Crippen LogP contribution in [0.5, 0.6) is 11.5 Å². The second-order valence-electron chi connectivity index (χ2n) is 14.7. The predicted molar refractivity (Wildman–Crippen MR) is 190 cm³/mol. The number of fused-ring (bicyclic) bond motifs is 3. The molecule has 0 aromatic heterocycles. The van der Waals surface area contributed by atoms with Gasteiger partial charge in [0.05, 0.1) is 31.5 Å². The van der Waals surface area contributed by atoms with Gasteiger partial charge in [0.15, 0.2) is 0 Å². The average molecular weight is 673 g/mol. The quantitative estimate of drug-likeness (QED) is 0.0751. The highest BCUT2D eigenvalue weighted by molar-refractivity contribution is 5.75. The third-order valence-electron chi connectivity index (χ3n) is 11.4. The van der Waals surface area contributed by atoms with E-state index in [-0.39, 0.29) is 29.5 Å². The lowest BCUT2D eigenvalue weighted by Crippen LogP contribution is -2.65. The van der Waals surface area contributed by atoms with E-state index in [1.54, 1.807) is 12.1 Å². The van der Waals surface area contributed by atoms with Gasteiger partial charge < -0.3 is 39.9 Å². The summed E-state index contributed by atoms with van der Waals surface area (Å²) >= 11 is 0. The first-order valence-electron chi connectivity index (χ1n) is 18.2. The summed E-state index contributed by atoms with van der Waals surface area (Å²) < 4.78 is 14.0. The minimum atomic E-state index is -0.923. The number of hydrogen-bond acceptors (Lipinski definition) is 7. The van der Waals surface area contributed by atoms with Gasteiger partial charge in [0.25, 0.3) is 0 Å². The van der Waals surface area contributed by atoms with Crippen molar-refractivity contribution < 1.29 is 34.1 Å². The molecule has 3 saturated heterocycles. The maximum atomic E-state index is 12.0. The Hall–Kier alpha value is -3.47. The van der Waals surface area contributed by atoms with Gasteiger partial charge in [-0.2, -0.15) is 0 Å². The summed E-state index contributed by atoms with van der Waals surface area (Å²) in [5.41, 5.74) is 2.13. The standard InChI is InChI=1S/C40H53N3O6/c1-29(41-25-38(46)32-13-16-37(45)36(24-32)42-28-44)23-30-11-14-35(15-12-30)48-22-21-43-19-17-31(18-20-43)39(26-43)49-27-40(47,34-9-5-6-10-34)33-7-3-2-4-8-33/h2-4,7-8,11-16,24,28-29,31,34,38-39,41,46-47H,5-6,9-10,17-23,25-27H2,1H3,(H-,42,44,45)/p+1/t29?,31?,38-,39-,40?,43?/m0/s1. The predicted octanol–water partition coefficient (Wildman–Crippen LogP) is 5.30. The van der Waals surface area contributed by atoms with Gasteiger partial charge in [-0.25, -0.2) is 0 Å². The van der Waals surface area contributed by atoms with E-state index in [0.29, 0.717) is 37.6 Å². The number of amides is 1. The van der Waals surface area contributed by atoms with Gasteiger partial charge in [-0.3, -0.25) is 4.79 Å². The molecule has 1 saturated carbocycles. The van der Waals surface area contributed by atoms with Crippen molar-refractivity contribution in [2.75, 3.05) is 51.3 Å². The smallest absolute Gasteiger partial charge is 0.211 e. The first-order valence-corrected chi connectivity index (χ1v) is 18.2. The van der Waals surface area contributed by atoms with Gasteiger partial charge in [-0.05, 0) is 73.1 Å². The number of phenols is 1. The molecule has 4 atom stereocenters. The van der Waals surface area contributed by atoms with E-state index >= 15 is 0 Å². The third kappa shape index (κ3) is 8.64. The van der Waals surface area contributed by atoms with Crippen LogP contribution in [0.4, 0.5) is 5.69 Å². The topological polar surface area (TPSA) is 120 Å². The Bertz CT molecular complexity index is 1490. The highest BCUT2D eigenvalue weighted by Gasteiger charge is 2.48. The van der Waals surface area contributed by atoms with Crippen LogP contribution in [0.15, 0.2) is 72.8 Å². The molecule has 3 aromatic carbocycles. The number of carbonyl (C=O) groups excluding carboxylic acids is 1. The molecular weight excluding hydrogens is 618 g/mol. The number of quaternary nitrogens is 1. The van der Waals surface area contributed by atoms with Crippen LogP contribution in [0.2, 0.25) is 0 Å². The molecule has 1 aliphatic carbocycles. The van der Waals surface area contributed by atoms with Gasteiger partial charge in [-0.1, -0.05) is 61.4 Å². The lowest BCUT2D eigenvalue weighted by molar-refractivity contribution is -0.946. The number of nitrogens with one attached hydrogen (secondary N) is 2. The number of nitrogens with zero attached hydrogens (tertiary/aromatic N) is 1. The number of aromatic hydroxyl groups is 1. The van der Waals surface area contributed by atoms with Gasteiger partial charge in [0.2, 0.25) is 6.41 Å². The zero-order valence-electron chi connectivity index (χ0n) is 28.8. The molecule has 3 aromatic rings. The summed E-state index contributed by atoms with van der Waals surface area (Å²) in [4.78, 5) is 10.8. The molecular formula is C40H54N3O6+. The normalized spacial score (nSPS) is 24.6. The molecule has 9 heteroatoms. The minimum absolute atomic E-state index is 0.0429. The molecule has 4 fully saturated rings. The molecule has 3 heterocycles. The third-order valence-corrected chi connectivity index (χ3v) is 11.4. The SMILES string of the molecule is CC(Cc1ccc(OCC[N+]23CCC(CC2)[C@@H](OCC(O)(c2ccccc2)C2CCCC2)C3)cc1)NC[C@H](O)c1ccc(O)c(NC=O)c1. The van der Waals surface area contributed by atoms with Crippen LogP contribution in [0, 0.1) is 11.8 Å². The maximum Gasteiger partial charge on any atom is 0.211 e. The van der Waals surface area contributed by atoms with E-state index in [1.807, 2.05) is 30.3 Å². The highest BCUT2D eigenvalue weighted by atomic mass is 16.5. The Balaban J connectivity index is 0.954. The summed E-state index contributed by atoms with van der Waals surface area (Å²) in [6.45, 7) is 7.74. The maximum absolute atomic E-state index is 12.0. The largest absolute Gasteiger partial charge is 0.506 e. The Labute approximate surface area is 290 Å². The van der Waals surface area contributed by atoms with E-state index in [4.69, 9.17) is 9.47 Å². The second kappa shape index (κ2) is 16.0. The minimum Gasteiger partial charge on any atom is -0.506 e. The number of benzene rings is 3. The van der Waals surface area contributed by atoms with Crippen molar-refractivity contribution in [2.45, 2.75) is 75.7 Å². The van der Waals surface area contributed by atoms with Crippen molar-refractivity contribution in [1.29, 1.82) is 0 Å². The lowest BCUT2D eigenvalue weighted by Gasteiger charge is -2.52. The summed E-state index contributed by atoms with van der Waals surface area (Å²) in [6.07, 6.45) is 7.52. The first kappa shape index (κ1) is 35.4. The van der Waals surface area contributed by atoms with Crippen molar-refractivity contribution >= 4 is 12.1 Å². The zero-order chi connectivity index (χ0) is 34.3. The van der Waals surface area contributed by atoms with Crippen molar-refractivity contribution in [2.24, 2.45) is 11.8 Å². The molecule has 9 nitrogen and oxygen atoms in total. The number of ether oxygens (including phenoxy) is 2. The van der Waals surface area contributed by atoms with Gasteiger partial charge in [0, 0.05) is 31.3 Å². The molecule has 49 heavy (non-hydrogen) atoms. The van der Waals surface area contributed by atoms with Gasteiger partial charge in [-0.15, -0.1) is 0 Å². The summed E-state index contributed by atoms with van der Waals surface area (Å²) in [7, 11) is 0. The summed E-state index contributed by atoms with van der Waals surface area (Å²) in [5, 5.41) is 38.3. The molecule has 7 rings (SSSR count). The van der Waals surface area contributed by atoms with Gasteiger partial charge in [0.1, 0.15) is 42.9 Å². The molecule has 1 amide bonds. The van der Waals surface area contributed by atoms with Crippen LogP contribution >= 0.6 is 0 Å². The van der Waals surface area contributed by atoms with Crippen molar-refractivity contribution in [1.82, 2.24) is 5.32 Å². The van der Waals surface area contributed by atoms with Crippen molar-refractivity contribution in [3.63, 3.8) is 0 Å². The lowest BCUT2D eigenvalue weighted by atomic mass is 9.80. The highest BCUT2D eigenvalue weighted by Crippen LogP contribution is 2.42. The fraction of sp³-hybridized carbons (Fsp3) is 0.525. The Morgan fingerprint density at radius 1 is 1.00 bits per heavy atom. The number of hydrogen-bond donors (Lipinski definition) is 5. The summed E-state index contributed by atoms with van der Waals surface area (Å²) in [5.74, 6) is 1.65. The molecule has 4 aliphatic rings. The number of piperidine rings is 3. The molecule has 5 N–H and O–H groups in total. The Morgan fingerprint density at radius 3 is 2.45 bits per heavy atom. The molecule has 2 unspecified atom stereocenters. The number of aliphatic hydroxyl groups is 2. The van der Waals surface area contributed by atoms with E-state index in [0.717, 1.165) is 48.1 Å². The van der Waals surface area contributed by atoms with E-state index in [2.05, 4.69) is 41.8 Å². The number of aliphatic hydroxyl groups excluding tert-OH is 1. The molecule has 2 bridgehead atoms. The van der Waals surface area contributed by atoms with E-state index in [1.165, 1.54) is 50.4 Å². The Kier molecular flexibility index (Phi) is 11.6. The van der Waals surface area contributed by atoms with Crippen molar-refractivity contribution in [3.8, 4) is 11.5 Å².